The maximum Gasteiger partial charge on any atom is 0.295 e. The first-order valence-corrected chi connectivity index (χ1v) is 20.1. The summed E-state index contributed by atoms with van der Waals surface area (Å²) in [6.07, 6.45) is 2.73. The maximum atomic E-state index is 12.0. The molecule has 318 valence electrons. The van der Waals surface area contributed by atoms with Crippen molar-refractivity contribution in [1.29, 1.82) is 0 Å². The van der Waals surface area contributed by atoms with Crippen molar-refractivity contribution in [2.75, 3.05) is 7.11 Å². The van der Waals surface area contributed by atoms with Crippen molar-refractivity contribution in [3.05, 3.63) is 124 Å². The number of rotatable bonds is 17. The minimum absolute atomic E-state index is 0.0318. The zero-order chi connectivity index (χ0) is 44.4. The van der Waals surface area contributed by atoms with E-state index in [4.69, 9.17) is 15.3 Å². The number of nitrogens with zero attached hydrogens (tertiary/aromatic N) is 7. The van der Waals surface area contributed by atoms with Crippen LogP contribution in [0.2, 0.25) is 0 Å². The minimum Gasteiger partial charge on any atom is -0.508 e. The third-order valence-electron chi connectivity index (χ3n) is 8.43. The van der Waals surface area contributed by atoms with Gasteiger partial charge in [0.1, 0.15) is 27.8 Å². The fraction of sp³-hybridized carbons (Fsp3) is 0.0526. The minimum atomic E-state index is -4.83. The monoisotopic (exact) mass is 903 g/mol. The number of hydrogen-bond acceptors (Lipinski definition) is 21. The smallest absolute Gasteiger partial charge is 0.295 e. The van der Waals surface area contributed by atoms with E-state index in [-0.39, 0.29) is 39.1 Å². The number of methoxy groups -OCH3 is 1. The molecule has 62 heavy (non-hydrogen) atoms. The summed E-state index contributed by atoms with van der Waals surface area (Å²) in [7, 11) is -3.43. The van der Waals surface area contributed by atoms with Crippen molar-refractivity contribution in [3.63, 3.8) is 0 Å². The van der Waals surface area contributed by atoms with E-state index in [9.17, 15) is 33.3 Å². The molecule has 0 aliphatic heterocycles. The average Bonchev–Trinajstić information content (AvgIpc) is 3.25. The second-order valence-electron chi connectivity index (χ2n) is 12.4. The highest BCUT2D eigenvalue weighted by atomic mass is 32.2. The largest absolute Gasteiger partial charge is 0.508 e. The highest BCUT2D eigenvalue weighted by Gasteiger charge is 2.20. The van der Waals surface area contributed by atoms with Gasteiger partial charge in [-0.3, -0.25) is 14.7 Å². The Hall–Kier alpha value is -6.71. The second kappa shape index (κ2) is 20.2. The second-order valence-corrected chi connectivity index (χ2v) is 15.2. The molecule has 6 aromatic carbocycles. The molecule has 0 unspecified atom stereocenters. The first-order chi connectivity index (χ1) is 29.8. The number of phenols is 2. The Kier molecular flexibility index (Phi) is 14.6. The van der Waals surface area contributed by atoms with Crippen LogP contribution in [0.1, 0.15) is 16.7 Å². The van der Waals surface area contributed by atoms with E-state index in [0.717, 1.165) is 18.2 Å². The van der Waals surface area contributed by atoms with Gasteiger partial charge in [-0.2, -0.15) is 28.9 Å². The van der Waals surface area contributed by atoms with E-state index >= 15 is 0 Å². The molecule has 5 N–H and O–H groups in total. The lowest BCUT2D eigenvalue weighted by Gasteiger charge is -2.10. The number of fused-ring (bicyclic) bond motifs is 1. The van der Waals surface area contributed by atoms with Gasteiger partial charge in [0.05, 0.1) is 63.8 Å². The lowest BCUT2D eigenvalue weighted by molar-refractivity contribution is -0.432. The molecule has 0 aliphatic carbocycles. The normalized spacial score (nSPS) is 12.1. The quantitative estimate of drug-likeness (QED) is 0.0108. The molecule has 24 heteroatoms. The standard InChI is InChI=1S/C38H29N7O14S3/c1-21-15-32(43-44-37-35(61-59-57-51)17-24-16-26(10-14-30(24)38(37)47)40-39-25-8-12-29(46)13-9-25)33(55-2)20-31(21)42-41-27-7-5-22(34(18-27)60-58-56-50)3-4-23-6-11-28(45(48)49)19-36(23)62(52,53)54/h3-20,46-47,50-51H,1-2H3,(H,52,53,54)/b4-3+,40-39?,42-41?,44-43?. The molecule has 0 saturated carbocycles. The van der Waals surface area contributed by atoms with E-state index < -0.39 is 25.6 Å². The fourth-order valence-electron chi connectivity index (χ4n) is 5.50. The van der Waals surface area contributed by atoms with E-state index in [0.29, 0.717) is 73.6 Å². The van der Waals surface area contributed by atoms with E-state index in [2.05, 4.69) is 49.4 Å². The van der Waals surface area contributed by atoms with E-state index in [1.165, 1.54) is 37.5 Å². The lowest BCUT2D eigenvalue weighted by atomic mass is 10.1. The van der Waals surface area contributed by atoms with Crippen molar-refractivity contribution in [2.45, 2.75) is 21.6 Å². The lowest BCUT2D eigenvalue weighted by Crippen LogP contribution is -2.02. The van der Waals surface area contributed by atoms with Crippen molar-refractivity contribution < 1.29 is 62.1 Å². The average molecular weight is 904 g/mol. The molecule has 0 heterocycles. The summed E-state index contributed by atoms with van der Waals surface area (Å²) >= 11 is 1.12. The number of ether oxygens (including phenoxy) is 1. The van der Waals surface area contributed by atoms with E-state index in [1.807, 2.05) is 0 Å². The van der Waals surface area contributed by atoms with Crippen LogP contribution in [0.4, 0.5) is 39.8 Å². The molecule has 21 nitrogen and oxygen atoms in total. The van der Waals surface area contributed by atoms with Crippen LogP contribution in [-0.2, 0) is 28.9 Å². The zero-order valence-corrected chi connectivity index (χ0v) is 34.1. The van der Waals surface area contributed by atoms with Gasteiger partial charge in [0, 0.05) is 28.5 Å². The predicted octanol–water partition coefficient (Wildman–Crippen LogP) is 12.0. The van der Waals surface area contributed by atoms with Gasteiger partial charge in [0.2, 0.25) is 0 Å². The van der Waals surface area contributed by atoms with Gasteiger partial charge < -0.3 is 14.9 Å². The highest BCUT2D eigenvalue weighted by Crippen LogP contribution is 2.46. The number of nitro benzene ring substituents is 1. The highest BCUT2D eigenvalue weighted by molar-refractivity contribution is 7.95. The summed E-state index contributed by atoms with van der Waals surface area (Å²) in [4.78, 5) is 10.2. The number of aromatic hydroxyl groups is 2. The summed E-state index contributed by atoms with van der Waals surface area (Å²) in [5, 5.41) is 83.7. The molecular weight excluding hydrogens is 875 g/mol. The molecule has 6 rings (SSSR count). The van der Waals surface area contributed by atoms with Crippen molar-refractivity contribution in [1.82, 2.24) is 0 Å². The van der Waals surface area contributed by atoms with Crippen LogP contribution in [-0.4, -0.2) is 45.7 Å². The maximum absolute atomic E-state index is 12.0. The van der Waals surface area contributed by atoms with Gasteiger partial charge in [0.15, 0.2) is 5.75 Å². The molecule has 0 aliphatic rings. The molecule has 0 aromatic heterocycles. The third-order valence-corrected chi connectivity index (χ3v) is 10.6. The number of phenolic OH excluding ortho intramolecular Hbond substituents is 2. The molecule has 6 aromatic rings. The zero-order valence-electron chi connectivity index (χ0n) is 31.7. The van der Waals surface area contributed by atoms with E-state index in [1.54, 1.807) is 67.6 Å². The summed E-state index contributed by atoms with van der Waals surface area (Å²) in [6, 6.07) is 23.4. The molecule has 0 fully saturated rings. The molecule has 0 atom stereocenters. The number of aryl methyl sites for hydroxylation is 1. The Morgan fingerprint density at radius 1 is 0.694 bits per heavy atom. The van der Waals surface area contributed by atoms with Crippen LogP contribution >= 0.6 is 24.1 Å². The topological polar surface area (TPSA) is 299 Å². The number of azo groups is 3. The van der Waals surface area contributed by atoms with Crippen LogP contribution in [0, 0.1) is 17.0 Å². The van der Waals surface area contributed by atoms with Gasteiger partial charge in [-0.15, -0.1) is 18.9 Å². The first-order valence-electron chi connectivity index (χ1n) is 17.2. The number of non-ortho nitro benzene ring substituents is 1. The Bertz CT molecular complexity index is 2880. The molecule has 0 saturated heterocycles. The number of nitro groups is 1. The Balaban J connectivity index is 1.26. The predicted molar refractivity (Wildman–Crippen MR) is 224 cm³/mol. The Morgan fingerprint density at radius 3 is 2.00 bits per heavy atom. The van der Waals surface area contributed by atoms with Crippen LogP contribution < -0.4 is 4.74 Å². The Morgan fingerprint density at radius 2 is 1.31 bits per heavy atom. The van der Waals surface area contributed by atoms with Crippen LogP contribution in [0.5, 0.6) is 17.2 Å². The van der Waals surface area contributed by atoms with Gasteiger partial charge >= 0.3 is 0 Å². The molecular formula is C38H29N7O14S3. The molecule has 0 radical (unpaired) electrons. The Labute approximate surface area is 358 Å². The molecule has 0 spiro atoms. The van der Waals surface area contributed by atoms with Crippen LogP contribution in [0.3, 0.4) is 0 Å². The van der Waals surface area contributed by atoms with Crippen molar-refractivity contribution >= 4 is 96.9 Å². The summed E-state index contributed by atoms with van der Waals surface area (Å²) in [5.74, 6) is 0.0372. The fourth-order valence-corrected chi connectivity index (χ4v) is 7.20. The third kappa shape index (κ3) is 11.2. The van der Waals surface area contributed by atoms with Crippen molar-refractivity contribution in [2.24, 2.45) is 30.7 Å². The molecule has 0 amide bonds. The van der Waals surface area contributed by atoms with Crippen LogP contribution in [0.25, 0.3) is 22.9 Å². The first kappa shape index (κ1) is 44.8. The summed E-state index contributed by atoms with van der Waals surface area (Å²) in [5.41, 5.74) is 2.20. The van der Waals surface area contributed by atoms with Gasteiger partial charge in [-0.25, -0.2) is 10.5 Å². The van der Waals surface area contributed by atoms with Crippen molar-refractivity contribution in [3.8, 4) is 17.2 Å². The van der Waals surface area contributed by atoms with Gasteiger partial charge in [0.25, 0.3) is 15.8 Å². The number of hydrogen-bond donors (Lipinski definition) is 5. The number of benzene rings is 6. The van der Waals surface area contributed by atoms with Gasteiger partial charge in [-0.1, -0.05) is 28.3 Å². The van der Waals surface area contributed by atoms with Crippen LogP contribution in [0.15, 0.2) is 142 Å². The molecule has 0 bridgehead atoms. The van der Waals surface area contributed by atoms with Gasteiger partial charge in [-0.05, 0) is 102 Å². The summed E-state index contributed by atoms with van der Waals surface area (Å²) in [6.45, 7) is 1.73. The summed E-state index contributed by atoms with van der Waals surface area (Å²) < 4.78 is 48.5. The SMILES string of the molecule is COc1cc(N=Nc2ccc(/C=C/c3ccc([N+](=O)[O-])cc3S(=O)(=O)O)c(SOOO)c2)c(C)cc1N=Nc1c(SOOO)cc2cc(N=Nc3ccc(O)cc3)ccc2c1O.